The minimum absolute atomic E-state index is 0.608. The van der Waals surface area contributed by atoms with Gasteiger partial charge in [-0.3, -0.25) is 0 Å². The number of hydrogen-bond acceptors (Lipinski definition) is 1. The average molecular weight is 434 g/mol. The lowest BCUT2D eigenvalue weighted by Gasteiger charge is -2.33. The van der Waals surface area contributed by atoms with Crippen LogP contribution in [0.4, 0.5) is 0 Å². The van der Waals surface area contributed by atoms with Gasteiger partial charge in [-0.25, -0.2) is 0 Å². The van der Waals surface area contributed by atoms with Gasteiger partial charge in [-0.2, -0.15) is 0 Å². The Labute approximate surface area is 198 Å². The molecule has 32 heavy (non-hydrogen) atoms. The predicted molar refractivity (Wildman–Crippen MR) is 142 cm³/mol. The molecule has 4 atom stereocenters. The molecular weight excluding hydrogens is 386 g/mol. The molecule has 3 aliphatic carbocycles. The standard InChI is InChI=1S/C31H47N/c1-27-20-14-9-7-8-12-17-23-29(26-27)32-31-25-19-13-18-24-30(31)28-21-15-10-5-3-2-4-6-11-16-22-28/h2-6,10-11,15-16,21-22,27,29-32H,7-9,12-14,17-20,23-26H2,1H3/b3-2-,4-2?,5-3?,6-4-,10-5-,11-6?,15-10?,16-11-,21-15-,22-16?,28-21?,28-22+/t27-,29?,30?,31?/m0/s1. The molecule has 0 aliphatic heterocycles. The maximum Gasteiger partial charge on any atom is 0.0138 e. The van der Waals surface area contributed by atoms with E-state index in [1.807, 2.05) is 0 Å². The first-order valence-corrected chi connectivity index (χ1v) is 13.6. The van der Waals surface area contributed by atoms with E-state index in [9.17, 15) is 0 Å². The maximum atomic E-state index is 4.26. The van der Waals surface area contributed by atoms with Crippen molar-refractivity contribution in [1.82, 2.24) is 5.32 Å². The van der Waals surface area contributed by atoms with Crippen LogP contribution in [-0.2, 0) is 0 Å². The van der Waals surface area contributed by atoms with Crippen LogP contribution in [0.2, 0.25) is 0 Å². The van der Waals surface area contributed by atoms with Crippen molar-refractivity contribution in [2.45, 2.75) is 109 Å². The SMILES string of the molecule is C[C@H]1CCCCCCCCC(NC2CCCCCC2C2=C/C=C\C=C/C=C\C=C/C=C\2)C1. The van der Waals surface area contributed by atoms with Crippen LogP contribution in [-0.4, -0.2) is 12.1 Å². The topological polar surface area (TPSA) is 12.0 Å². The summed E-state index contributed by atoms with van der Waals surface area (Å²) in [5, 5.41) is 4.26. The molecule has 2 saturated carbocycles. The lowest BCUT2D eigenvalue weighted by atomic mass is 9.85. The zero-order valence-corrected chi connectivity index (χ0v) is 20.6. The van der Waals surface area contributed by atoms with Gasteiger partial charge in [0.05, 0.1) is 0 Å². The number of allylic oxidation sites excluding steroid dienone is 11. The largest absolute Gasteiger partial charge is 0.311 e. The van der Waals surface area contributed by atoms with Crippen LogP contribution in [0.3, 0.4) is 0 Å². The van der Waals surface area contributed by atoms with Crippen molar-refractivity contribution >= 4 is 0 Å². The van der Waals surface area contributed by atoms with Crippen molar-refractivity contribution in [3.05, 3.63) is 72.4 Å². The second-order valence-electron chi connectivity index (χ2n) is 10.3. The summed E-state index contributed by atoms with van der Waals surface area (Å²) in [4.78, 5) is 0. The highest BCUT2D eigenvalue weighted by Gasteiger charge is 2.28. The lowest BCUT2D eigenvalue weighted by molar-refractivity contribution is 0.286. The first kappa shape index (κ1) is 25.0. The Morgan fingerprint density at radius 1 is 0.594 bits per heavy atom. The van der Waals surface area contributed by atoms with E-state index in [-0.39, 0.29) is 0 Å². The van der Waals surface area contributed by atoms with E-state index in [1.165, 1.54) is 95.5 Å². The van der Waals surface area contributed by atoms with Crippen LogP contribution in [0.25, 0.3) is 0 Å². The van der Waals surface area contributed by atoms with E-state index in [0.29, 0.717) is 18.0 Å². The first-order valence-electron chi connectivity index (χ1n) is 13.6. The molecule has 0 amide bonds. The van der Waals surface area contributed by atoms with Crippen molar-refractivity contribution in [3.63, 3.8) is 0 Å². The number of nitrogens with one attached hydrogen (secondary N) is 1. The summed E-state index contributed by atoms with van der Waals surface area (Å²) in [7, 11) is 0. The van der Waals surface area contributed by atoms with Gasteiger partial charge in [-0.15, -0.1) is 0 Å². The van der Waals surface area contributed by atoms with Crippen LogP contribution in [0.15, 0.2) is 72.4 Å². The summed E-state index contributed by atoms with van der Waals surface area (Å²) in [6.45, 7) is 2.49. The molecule has 3 unspecified atom stereocenters. The zero-order valence-electron chi connectivity index (χ0n) is 20.6. The van der Waals surface area contributed by atoms with E-state index in [0.717, 1.165) is 5.92 Å². The van der Waals surface area contributed by atoms with Crippen molar-refractivity contribution in [1.29, 1.82) is 0 Å². The van der Waals surface area contributed by atoms with E-state index in [1.54, 1.807) is 0 Å². The highest BCUT2D eigenvalue weighted by Crippen LogP contribution is 2.32. The predicted octanol–water partition coefficient (Wildman–Crippen LogP) is 8.78. The van der Waals surface area contributed by atoms with Crippen molar-refractivity contribution in [3.8, 4) is 0 Å². The minimum Gasteiger partial charge on any atom is -0.311 e. The Balaban J connectivity index is 1.75. The van der Waals surface area contributed by atoms with Crippen molar-refractivity contribution in [2.75, 3.05) is 0 Å². The lowest BCUT2D eigenvalue weighted by Crippen LogP contribution is -2.43. The molecule has 3 aliphatic rings. The second-order valence-corrected chi connectivity index (χ2v) is 10.3. The van der Waals surface area contributed by atoms with E-state index < -0.39 is 0 Å². The monoisotopic (exact) mass is 433 g/mol. The van der Waals surface area contributed by atoms with E-state index in [4.69, 9.17) is 0 Å². The molecule has 0 aromatic heterocycles. The number of rotatable bonds is 3. The third kappa shape index (κ3) is 9.49. The van der Waals surface area contributed by atoms with Crippen LogP contribution in [0, 0.1) is 11.8 Å². The van der Waals surface area contributed by atoms with Gasteiger partial charge in [0.15, 0.2) is 0 Å². The normalized spacial score (nSPS) is 37.7. The molecule has 0 radical (unpaired) electrons. The molecule has 0 bridgehead atoms. The third-order valence-electron chi connectivity index (χ3n) is 7.55. The summed E-state index contributed by atoms with van der Waals surface area (Å²) in [5.74, 6) is 1.46. The van der Waals surface area contributed by atoms with Gasteiger partial charge < -0.3 is 5.32 Å². The van der Waals surface area contributed by atoms with Gasteiger partial charge in [-0.1, -0.05) is 138 Å². The van der Waals surface area contributed by atoms with Crippen LogP contribution < -0.4 is 5.32 Å². The fourth-order valence-electron chi connectivity index (χ4n) is 5.76. The maximum absolute atomic E-state index is 4.26. The van der Waals surface area contributed by atoms with Gasteiger partial charge in [0, 0.05) is 12.1 Å². The number of hydrogen-bond donors (Lipinski definition) is 1. The smallest absolute Gasteiger partial charge is 0.0138 e. The summed E-state index contributed by atoms with van der Waals surface area (Å²) in [5.41, 5.74) is 1.49. The molecule has 0 aromatic rings. The zero-order chi connectivity index (χ0) is 22.3. The summed E-state index contributed by atoms with van der Waals surface area (Å²) >= 11 is 0. The van der Waals surface area contributed by atoms with Crippen molar-refractivity contribution < 1.29 is 0 Å². The molecule has 1 nitrogen and oxygen atoms in total. The highest BCUT2D eigenvalue weighted by atomic mass is 15.0. The van der Waals surface area contributed by atoms with Crippen LogP contribution >= 0.6 is 0 Å². The molecule has 1 N–H and O–H groups in total. The molecular formula is C31H47N. The Morgan fingerprint density at radius 2 is 1.16 bits per heavy atom. The molecule has 2 fully saturated rings. The second kappa shape index (κ2) is 15.3. The van der Waals surface area contributed by atoms with Gasteiger partial charge in [0.1, 0.15) is 0 Å². The molecule has 1 heteroatoms. The fourth-order valence-corrected chi connectivity index (χ4v) is 5.76. The van der Waals surface area contributed by atoms with E-state index >= 15 is 0 Å². The quantitative estimate of drug-likeness (QED) is 0.438. The molecule has 0 aromatic carbocycles. The Bertz CT molecular complexity index is 689. The summed E-state index contributed by atoms with van der Waals surface area (Å²) in [6.07, 6.45) is 43.5. The van der Waals surface area contributed by atoms with Gasteiger partial charge in [-0.05, 0) is 43.1 Å². The Hall–Kier alpha value is -1.60. The van der Waals surface area contributed by atoms with Crippen molar-refractivity contribution in [2.24, 2.45) is 11.8 Å². The summed E-state index contributed by atoms with van der Waals surface area (Å²) < 4.78 is 0. The van der Waals surface area contributed by atoms with Crippen LogP contribution in [0.1, 0.15) is 96.8 Å². The first-order chi connectivity index (χ1) is 15.8. The molecule has 3 rings (SSSR count). The molecule has 0 spiro atoms. The van der Waals surface area contributed by atoms with E-state index in [2.05, 4.69) is 79.1 Å². The molecule has 0 saturated heterocycles. The van der Waals surface area contributed by atoms with Gasteiger partial charge in [0.2, 0.25) is 0 Å². The Kier molecular flexibility index (Phi) is 11.9. The molecule has 0 heterocycles. The average Bonchev–Trinajstić information content (AvgIpc) is 3.03. The molecule has 176 valence electrons. The summed E-state index contributed by atoms with van der Waals surface area (Å²) in [6, 6.07) is 1.30. The minimum atomic E-state index is 0.608. The highest BCUT2D eigenvalue weighted by molar-refractivity contribution is 5.32. The van der Waals surface area contributed by atoms with Gasteiger partial charge >= 0.3 is 0 Å². The van der Waals surface area contributed by atoms with Gasteiger partial charge in [0.25, 0.3) is 0 Å². The van der Waals surface area contributed by atoms with Crippen LogP contribution in [0.5, 0.6) is 0 Å². The third-order valence-corrected chi connectivity index (χ3v) is 7.55. The fraction of sp³-hybridized carbons (Fsp3) is 0.613. The Morgan fingerprint density at radius 3 is 1.94 bits per heavy atom.